The molecule has 1 fully saturated rings. The Morgan fingerprint density at radius 2 is 2.11 bits per heavy atom. The molecule has 0 aliphatic heterocycles. The van der Waals surface area contributed by atoms with E-state index < -0.39 is 0 Å². The van der Waals surface area contributed by atoms with E-state index in [1.165, 1.54) is 38.5 Å². The maximum absolute atomic E-state index is 9.94. The Labute approximate surface area is 111 Å². The molecule has 2 heteroatoms. The summed E-state index contributed by atoms with van der Waals surface area (Å²) >= 11 is 0. The van der Waals surface area contributed by atoms with Crippen molar-refractivity contribution in [2.75, 3.05) is 0 Å². The Morgan fingerprint density at radius 3 is 2.83 bits per heavy atom. The van der Waals surface area contributed by atoms with Gasteiger partial charge in [-0.2, -0.15) is 0 Å². The molecule has 1 aromatic rings. The van der Waals surface area contributed by atoms with Crippen molar-refractivity contribution in [1.29, 1.82) is 0 Å². The summed E-state index contributed by atoms with van der Waals surface area (Å²) in [5.74, 6) is 0.935. The highest BCUT2D eigenvalue weighted by Crippen LogP contribution is 2.27. The third-order valence-electron chi connectivity index (χ3n) is 4.24. The predicted molar refractivity (Wildman–Crippen MR) is 75.5 cm³/mol. The summed E-state index contributed by atoms with van der Waals surface area (Å²) in [6, 6.07) is 2.07. The Hall–Kier alpha value is -0.760. The molecule has 1 aliphatic rings. The fourth-order valence-corrected chi connectivity index (χ4v) is 3.04. The molecule has 1 saturated carbocycles. The Morgan fingerprint density at radius 1 is 1.33 bits per heavy atom. The molecular formula is C16H27NO. The van der Waals surface area contributed by atoms with Gasteiger partial charge in [0, 0.05) is 18.9 Å². The van der Waals surface area contributed by atoms with E-state index in [1.54, 1.807) is 0 Å². The number of aliphatic hydroxyl groups is 1. The summed E-state index contributed by atoms with van der Waals surface area (Å²) in [6.07, 6.45) is 14.3. The van der Waals surface area contributed by atoms with Gasteiger partial charge in [-0.3, -0.25) is 0 Å². The topological polar surface area (TPSA) is 25.2 Å². The first kappa shape index (κ1) is 13.7. The molecule has 2 rings (SSSR count). The van der Waals surface area contributed by atoms with Gasteiger partial charge in [-0.05, 0) is 30.4 Å². The van der Waals surface area contributed by atoms with Crippen LogP contribution in [0.5, 0.6) is 0 Å². The summed E-state index contributed by atoms with van der Waals surface area (Å²) in [5.41, 5.74) is 1.08. The predicted octanol–water partition coefficient (Wildman–Crippen LogP) is 4.29. The molecule has 0 amide bonds. The average molecular weight is 249 g/mol. The van der Waals surface area contributed by atoms with Crippen LogP contribution in [-0.4, -0.2) is 9.67 Å². The molecule has 1 aromatic heterocycles. The Kier molecular flexibility index (Phi) is 5.30. The van der Waals surface area contributed by atoms with Crippen molar-refractivity contribution >= 4 is 0 Å². The highest BCUT2D eigenvalue weighted by molar-refractivity contribution is 5.13. The second kappa shape index (κ2) is 6.98. The molecule has 1 heterocycles. The van der Waals surface area contributed by atoms with Gasteiger partial charge in [0.15, 0.2) is 0 Å². The number of aromatic nitrogens is 1. The zero-order valence-electron chi connectivity index (χ0n) is 11.6. The van der Waals surface area contributed by atoms with Gasteiger partial charge in [0.1, 0.15) is 0 Å². The van der Waals surface area contributed by atoms with Crippen LogP contribution < -0.4 is 0 Å². The summed E-state index contributed by atoms with van der Waals surface area (Å²) in [5, 5.41) is 9.94. The van der Waals surface area contributed by atoms with Crippen LogP contribution in [0.25, 0.3) is 0 Å². The van der Waals surface area contributed by atoms with Crippen LogP contribution in [0.3, 0.4) is 0 Å². The largest absolute Gasteiger partial charge is 0.388 e. The third kappa shape index (κ3) is 3.88. The molecule has 18 heavy (non-hydrogen) atoms. The number of hydrogen-bond donors (Lipinski definition) is 1. The van der Waals surface area contributed by atoms with Crippen LogP contribution in [0.15, 0.2) is 18.5 Å². The van der Waals surface area contributed by atoms with E-state index in [0.717, 1.165) is 30.9 Å². The maximum atomic E-state index is 9.94. The molecule has 1 unspecified atom stereocenters. The summed E-state index contributed by atoms with van der Waals surface area (Å²) in [6.45, 7) is 3.23. The minimum Gasteiger partial charge on any atom is -0.388 e. The molecule has 1 atom stereocenters. The van der Waals surface area contributed by atoms with Gasteiger partial charge in [-0.15, -0.1) is 0 Å². The van der Waals surface area contributed by atoms with E-state index in [4.69, 9.17) is 0 Å². The molecule has 1 aliphatic carbocycles. The van der Waals surface area contributed by atoms with E-state index in [9.17, 15) is 5.11 Å². The van der Waals surface area contributed by atoms with Crippen molar-refractivity contribution in [3.05, 3.63) is 24.0 Å². The monoisotopic (exact) mass is 249 g/mol. The molecule has 2 nitrogen and oxygen atoms in total. The van der Waals surface area contributed by atoms with Gasteiger partial charge < -0.3 is 9.67 Å². The Bertz CT molecular complexity index is 339. The molecule has 0 spiro atoms. The number of nitrogens with zero attached hydrogens (tertiary/aromatic N) is 1. The highest BCUT2D eigenvalue weighted by atomic mass is 16.3. The smallest absolute Gasteiger partial charge is 0.0804 e. The lowest BCUT2D eigenvalue weighted by atomic mass is 9.87. The Balaban J connectivity index is 1.79. The van der Waals surface area contributed by atoms with E-state index >= 15 is 0 Å². The third-order valence-corrected chi connectivity index (χ3v) is 4.24. The van der Waals surface area contributed by atoms with E-state index in [2.05, 4.69) is 30.0 Å². The molecule has 0 aromatic carbocycles. The van der Waals surface area contributed by atoms with Gasteiger partial charge in [0.25, 0.3) is 0 Å². The normalized spacial score (nSPS) is 19.0. The fraction of sp³-hybridized carbons (Fsp3) is 0.750. The highest BCUT2D eigenvalue weighted by Gasteiger charge is 2.13. The van der Waals surface area contributed by atoms with E-state index in [1.807, 2.05) is 0 Å². The summed E-state index contributed by atoms with van der Waals surface area (Å²) < 4.78 is 2.25. The van der Waals surface area contributed by atoms with Crippen molar-refractivity contribution in [3.63, 3.8) is 0 Å². The van der Waals surface area contributed by atoms with Crippen LogP contribution in [0.1, 0.15) is 70.0 Å². The molecule has 1 N–H and O–H groups in total. The maximum Gasteiger partial charge on any atom is 0.0804 e. The van der Waals surface area contributed by atoms with Crippen molar-refractivity contribution in [2.45, 2.75) is 70.9 Å². The van der Waals surface area contributed by atoms with Crippen molar-refractivity contribution in [1.82, 2.24) is 4.57 Å². The number of aliphatic hydroxyl groups excluding tert-OH is 1. The average Bonchev–Trinajstić information content (AvgIpc) is 2.87. The minimum absolute atomic E-state index is 0.272. The van der Waals surface area contributed by atoms with Crippen molar-refractivity contribution in [2.24, 2.45) is 5.92 Å². The molecule has 0 radical (unpaired) electrons. The van der Waals surface area contributed by atoms with Gasteiger partial charge in [0.05, 0.1) is 6.10 Å². The second-order valence-corrected chi connectivity index (χ2v) is 5.78. The van der Waals surface area contributed by atoms with Gasteiger partial charge >= 0.3 is 0 Å². The van der Waals surface area contributed by atoms with Crippen LogP contribution in [0.4, 0.5) is 0 Å². The first-order chi connectivity index (χ1) is 8.79. The number of aryl methyl sites for hydroxylation is 1. The quantitative estimate of drug-likeness (QED) is 0.799. The first-order valence-corrected chi connectivity index (χ1v) is 7.63. The fourth-order valence-electron chi connectivity index (χ4n) is 3.04. The first-order valence-electron chi connectivity index (χ1n) is 7.63. The van der Waals surface area contributed by atoms with E-state index in [0.29, 0.717) is 0 Å². The standard InChI is InChI=1S/C16H27NO/c1-2-6-16(18)15-10-12-17(13-15)11-9-14-7-4-3-5-8-14/h10,12-14,16,18H,2-9,11H2,1H3. The lowest BCUT2D eigenvalue weighted by molar-refractivity contribution is 0.166. The van der Waals surface area contributed by atoms with Crippen LogP contribution in [-0.2, 0) is 6.54 Å². The molecular weight excluding hydrogens is 222 g/mol. The summed E-state index contributed by atoms with van der Waals surface area (Å²) in [7, 11) is 0. The van der Waals surface area contributed by atoms with Crippen molar-refractivity contribution in [3.8, 4) is 0 Å². The number of hydrogen-bond acceptors (Lipinski definition) is 1. The van der Waals surface area contributed by atoms with Crippen LogP contribution in [0.2, 0.25) is 0 Å². The number of rotatable bonds is 6. The zero-order valence-corrected chi connectivity index (χ0v) is 11.6. The van der Waals surface area contributed by atoms with E-state index in [-0.39, 0.29) is 6.10 Å². The summed E-state index contributed by atoms with van der Waals surface area (Å²) in [4.78, 5) is 0. The van der Waals surface area contributed by atoms with Crippen molar-refractivity contribution < 1.29 is 5.11 Å². The SMILES string of the molecule is CCCC(O)c1ccn(CCC2CCCCC2)c1. The van der Waals surface area contributed by atoms with Gasteiger partial charge in [0.2, 0.25) is 0 Å². The van der Waals surface area contributed by atoms with Gasteiger partial charge in [-0.25, -0.2) is 0 Å². The van der Waals surface area contributed by atoms with Crippen LogP contribution >= 0.6 is 0 Å². The minimum atomic E-state index is -0.272. The lowest BCUT2D eigenvalue weighted by Gasteiger charge is -2.21. The lowest BCUT2D eigenvalue weighted by Crippen LogP contribution is -2.09. The van der Waals surface area contributed by atoms with Gasteiger partial charge in [-0.1, -0.05) is 45.4 Å². The molecule has 0 bridgehead atoms. The van der Waals surface area contributed by atoms with Crippen LogP contribution in [0, 0.1) is 5.92 Å². The molecule has 0 saturated heterocycles. The molecule has 102 valence electrons. The zero-order chi connectivity index (χ0) is 12.8. The second-order valence-electron chi connectivity index (χ2n) is 5.78.